The number of sulfone groups is 1. The van der Waals surface area contributed by atoms with Gasteiger partial charge < -0.3 is 4.98 Å². The maximum atomic E-state index is 13.5. The van der Waals surface area contributed by atoms with Crippen molar-refractivity contribution >= 4 is 32.4 Å². The number of hydrogen-bond donors (Lipinski definition) is 1. The monoisotopic (exact) mass is 423 g/mol. The van der Waals surface area contributed by atoms with E-state index in [4.69, 9.17) is 0 Å². The lowest BCUT2D eigenvalue weighted by atomic mass is 9.93. The van der Waals surface area contributed by atoms with Gasteiger partial charge in [-0.15, -0.1) is 10.2 Å². The summed E-state index contributed by atoms with van der Waals surface area (Å²) in [6.45, 7) is 3.81. The lowest BCUT2D eigenvalue weighted by Gasteiger charge is -2.16. The first kappa shape index (κ1) is 18.9. The molecule has 0 saturated heterocycles. The van der Waals surface area contributed by atoms with Gasteiger partial charge in [0.1, 0.15) is 11.6 Å². The van der Waals surface area contributed by atoms with Crippen molar-refractivity contribution in [3.05, 3.63) is 47.9 Å². The molecule has 30 heavy (non-hydrogen) atoms. The van der Waals surface area contributed by atoms with Gasteiger partial charge in [0.25, 0.3) is 0 Å². The number of aryl methyl sites for hydroxylation is 1. The van der Waals surface area contributed by atoms with E-state index in [1.165, 1.54) is 0 Å². The number of carbonyl (C=O) groups excluding carboxylic acids is 1. The molecule has 0 aliphatic heterocycles. The van der Waals surface area contributed by atoms with Crippen molar-refractivity contribution in [1.29, 1.82) is 0 Å². The average molecular weight is 423 g/mol. The molecule has 5 rings (SSSR count). The molecule has 0 bridgehead atoms. The van der Waals surface area contributed by atoms with Crippen LogP contribution in [-0.4, -0.2) is 38.8 Å². The molecule has 9 heteroatoms. The lowest BCUT2D eigenvalue weighted by Crippen LogP contribution is -2.12. The molecule has 1 N–H and O–H groups in total. The van der Waals surface area contributed by atoms with Crippen LogP contribution in [0, 0.1) is 12.8 Å². The Hall–Kier alpha value is -3.07. The molecule has 8 nitrogen and oxygen atoms in total. The van der Waals surface area contributed by atoms with Gasteiger partial charge in [-0.2, -0.15) is 0 Å². The molecule has 2 atom stereocenters. The Bertz CT molecular complexity index is 1400. The Labute approximate surface area is 173 Å². The van der Waals surface area contributed by atoms with Crippen LogP contribution in [0.3, 0.4) is 0 Å². The minimum absolute atomic E-state index is 0.0907. The Morgan fingerprint density at radius 3 is 2.73 bits per heavy atom. The van der Waals surface area contributed by atoms with E-state index in [0.29, 0.717) is 35.4 Å². The van der Waals surface area contributed by atoms with Crippen molar-refractivity contribution in [3.8, 4) is 0 Å². The SMILES string of the molecule is CC[C@@H]1CC(=O)C[C@@H]1c1nnc2c(S(=O)(=O)c3ccccc3C)nc3[nH]ccc3n12. The third kappa shape index (κ3) is 2.68. The first-order valence-corrected chi connectivity index (χ1v) is 11.4. The quantitative estimate of drug-likeness (QED) is 0.540. The number of benzene rings is 1. The van der Waals surface area contributed by atoms with E-state index in [2.05, 4.69) is 27.1 Å². The number of aromatic nitrogens is 5. The minimum atomic E-state index is -3.93. The molecule has 1 aliphatic rings. The second-order valence-corrected chi connectivity index (χ2v) is 9.67. The van der Waals surface area contributed by atoms with E-state index >= 15 is 0 Å². The topological polar surface area (TPSA) is 110 Å². The first-order chi connectivity index (χ1) is 14.4. The van der Waals surface area contributed by atoms with Crippen molar-refractivity contribution in [2.24, 2.45) is 5.92 Å². The van der Waals surface area contributed by atoms with Crippen LogP contribution in [0.4, 0.5) is 0 Å². The van der Waals surface area contributed by atoms with E-state index in [1.54, 1.807) is 41.8 Å². The Kier molecular flexibility index (Phi) is 4.25. The summed E-state index contributed by atoms with van der Waals surface area (Å²) in [5, 5.41) is 8.49. The summed E-state index contributed by atoms with van der Waals surface area (Å²) < 4.78 is 28.8. The normalized spacial score (nSPS) is 19.9. The molecule has 1 saturated carbocycles. The van der Waals surface area contributed by atoms with E-state index in [9.17, 15) is 13.2 Å². The molecule has 1 fully saturated rings. The smallest absolute Gasteiger partial charge is 0.228 e. The van der Waals surface area contributed by atoms with Crippen molar-refractivity contribution in [2.45, 2.75) is 48.9 Å². The molecule has 0 amide bonds. The van der Waals surface area contributed by atoms with Crippen LogP contribution in [0.5, 0.6) is 0 Å². The standard InChI is InChI=1S/C21H21N5O3S/c1-3-13-10-14(27)11-15(13)19-24-25-20-21(23-18-16(26(19)20)8-9-22-18)30(28,29)17-7-5-4-6-12(17)2/h4-9,13,15,22H,3,10-11H2,1-2H3/t13-,15+/m1/s1. The third-order valence-corrected chi connectivity index (χ3v) is 7.86. The molecule has 3 heterocycles. The number of nitrogens with zero attached hydrogens (tertiary/aromatic N) is 4. The molecule has 0 spiro atoms. The molecule has 4 aromatic rings. The number of fused-ring (bicyclic) bond motifs is 3. The van der Waals surface area contributed by atoms with Crippen LogP contribution in [0.2, 0.25) is 0 Å². The molecule has 3 aromatic heterocycles. The van der Waals surface area contributed by atoms with Gasteiger partial charge >= 0.3 is 0 Å². The van der Waals surface area contributed by atoms with Gasteiger partial charge in [-0.05, 0) is 30.5 Å². The van der Waals surface area contributed by atoms with Crippen LogP contribution in [-0.2, 0) is 14.6 Å². The second-order valence-electron chi connectivity index (χ2n) is 7.84. The summed E-state index contributed by atoms with van der Waals surface area (Å²) in [6, 6.07) is 8.63. The summed E-state index contributed by atoms with van der Waals surface area (Å²) in [6.07, 6.45) is 3.47. The molecule has 1 aromatic carbocycles. The Morgan fingerprint density at radius 1 is 1.17 bits per heavy atom. The molecular weight excluding hydrogens is 402 g/mol. The molecule has 0 radical (unpaired) electrons. The van der Waals surface area contributed by atoms with E-state index < -0.39 is 9.84 Å². The number of H-pyrrole nitrogens is 1. The van der Waals surface area contributed by atoms with Crippen LogP contribution >= 0.6 is 0 Å². The zero-order chi connectivity index (χ0) is 21.0. The van der Waals surface area contributed by atoms with Crippen molar-refractivity contribution in [3.63, 3.8) is 0 Å². The molecule has 0 unspecified atom stereocenters. The number of rotatable bonds is 4. The Balaban J connectivity index is 1.80. The fourth-order valence-electron chi connectivity index (χ4n) is 4.49. The first-order valence-electron chi connectivity index (χ1n) is 9.96. The van der Waals surface area contributed by atoms with E-state index in [0.717, 1.165) is 6.42 Å². The largest absolute Gasteiger partial charge is 0.345 e. The second kappa shape index (κ2) is 6.73. The van der Waals surface area contributed by atoms with Gasteiger partial charge in [0.15, 0.2) is 11.3 Å². The zero-order valence-corrected chi connectivity index (χ0v) is 17.5. The van der Waals surface area contributed by atoms with E-state index in [-0.39, 0.29) is 33.2 Å². The van der Waals surface area contributed by atoms with Gasteiger partial charge in [-0.25, -0.2) is 13.4 Å². The summed E-state index contributed by atoms with van der Waals surface area (Å²) in [4.78, 5) is 19.8. The summed E-state index contributed by atoms with van der Waals surface area (Å²) in [5.74, 6) is 0.905. The van der Waals surface area contributed by atoms with Crippen molar-refractivity contribution in [2.75, 3.05) is 0 Å². The van der Waals surface area contributed by atoms with Crippen LogP contribution in [0.1, 0.15) is 43.5 Å². The predicted molar refractivity (Wildman–Crippen MR) is 110 cm³/mol. The lowest BCUT2D eigenvalue weighted by molar-refractivity contribution is -0.117. The molecule has 1 aliphatic carbocycles. The van der Waals surface area contributed by atoms with E-state index in [1.807, 2.05) is 6.07 Å². The van der Waals surface area contributed by atoms with Crippen molar-refractivity contribution in [1.82, 2.24) is 24.6 Å². The van der Waals surface area contributed by atoms with Gasteiger partial charge in [0.2, 0.25) is 14.9 Å². The number of nitrogens with one attached hydrogen (secondary N) is 1. The Morgan fingerprint density at radius 2 is 1.97 bits per heavy atom. The highest BCUT2D eigenvalue weighted by molar-refractivity contribution is 7.91. The third-order valence-electron chi connectivity index (χ3n) is 6.04. The fraction of sp³-hybridized carbons (Fsp3) is 0.333. The van der Waals surface area contributed by atoms with Gasteiger partial charge in [-0.3, -0.25) is 9.20 Å². The fourth-order valence-corrected chi connectivity index (χ4v) is 6.03. The number of Topliss-reactive ketones (excluding diaryl/α,β-unsaturated/α-hetero) is 1. The van der Waals surface area contributed by atoms with Crippen LogP contribution in [0.25, 0.3) is 16.8 Å². The van der Waals surface area contributed by atoms with Crippen LogP contribution < -0.4 is 0 Å². The number of carbonyl (C=O) groups is 1. The summed E-state index contributed by atoms with van der Waals surface area (Å²) in [7, 11) is -3.93. The van der Waals surface area contributed by atoms with Crippen LogP contribution in [0.15, 0.2) is 46.5 Å². The highest BCUT2D eigenvalue weighted by Gasteiger charge is 2.37. The van der Waals surface area contributed by atoms with Gasteiger partial charge in [0, 0.05) is 25.0 Å². The highest BCUT2D eigenvalue weighted by atomic mass is 32.2. The predicted octanol–water partition coefficient (Wildman–Crippen LogP) is 3.22. The van der Waals surface area contributed by atoms with Gasteiger partial charge in [-0.1, -0.05) is 31.5 Å². The summed E-state index contributed by atoms with van der Waals surface area (Å²) >= 11 is 0. The summed E-state index contributed by atoms with van der Waals surface area (Å²) in [5.41, 5.74) is 1.96. The molecular formula is C21H21N5O3S. The zero-order valence-electron chi connectivity index (χ0n) is 16.7. The number of hydrogen-bond acceptors (Lipinski definition) is 6. The molecule has 154 valence electrons. The maximum Gasteiger partial charge on any atom is 0.228 e. The number of aromatic amines is 1. The highest BCUT2D eigenvalue weighted by Crippen LogP contribution is 2.40. The average Bonchev–Trinajstić information content (AvgIpc) is 3.44. The van der Waals surface area contributed by atoms with Gasteiger partial charge in [0.05, 0.1) is 10.4 Å². The maximum absolute atomic E-state index is 13.5. The number of ketones is 1. The minimum Gasteiger partial charge on any atom is -0.345 e. The van der Waals surface area contributed by atoms with Crippen molar-refractivity contribution < 1.29 is 13.2 Å².